The topological polar surface area (TPSA) is 62.3 Å². The van der Waals surface area contributed by atoms with Crippen LogP contribution in [0.2, 0.25) is 0 Å². The number of ether oxygens (including phenoxy) is 1. The van der Waals surface area contributed by atoms with Gasteiger partial charge in [0.05, 0.1) is 6.61 Å². The van der Waals surface area contributed by atoms with Crippen molar-refractivity contribution < 1.29 is 9.13 Å². The Balaban J connectivity index is 3.08. The van der Waals surface area contributed by atoms with Crippen LogP contribution in [0, 0.1) is 11.2 Å². The molecule has 0 fully saturated rings. The van der Waals surface area contributed by atoms with Gasteiger partial charge in [-0.2, -0.15) is 0 Å². The summed E-state index contributed by atoms with van der Waals surface area (Å²) in [4.78, 5) is 1.92. The summed E-state index contributed by atoms with van der Waals surface area (Å²) in [7, 11) is 3.49. The largest absolute Gasteiger partial charge is 0.384 e. The first-order valence-corrected chi connectivity index (χ1v) is 5.33. The Morgan fingerprint density at radius 2 is 2.24 bits per heavy atom. The van der Waals surface area contributed by atoms with Crippen molar-refractivity contribution in [1.82, 2.24) is 0 Å². The van der Waals surface area contributed by atoms with Crippen molar-refractivity contribution in [2.45, 2.75) is 13.0 Å². The summed E-state index contributed by atoms with van der Waals surface area (Å²) in [6, 6.07) is 4.37. The number of benzene rings is 1. The number of amidine groups is 1. The molecular formula is C12H18FN3O. The van der Waals surface area contributed by atoms with E-state index in [2.05, 4.69) is 0 Å². The molecule has 17 heavy (non-hydrogen) atoms. The molecule has 0 aliphatic rings. The second kappa shape index (κ2) is 5.63. The minimum Gasteiger partial charge on any atom is -0.384 e. The molecule has 1 unspecified atom stereocenters. The highest BCUT2D eigenvalue weighted by Gasteiger charge is 2.15. The molecule has 1 aromatic carbocycles. The van der Waals surface area contributed by atoms with Crippen LogP contribution in [-0.2, 0) is 4.74 Å². The second-order valence-electron chi connectivity index (χ2n) is 3.99. The highest BCUT2D eigenvalue weighted by Crippen LogP contribution is 2.22. The molecule has 0 aliphatic carbocycles. The standard InChI is InChI=1S/C12H18FN3O/c1-8(7-17-3)16(2)11-5-4-9(13)6-10(11)12(14)15/h4-6,8H,7H2,1-3H3,(H3,14,15). The Labute approximate surface area is 101 Å². The Kier molecular flexibility index (Phi) is 4.45. The Morgan fingerprint density at radius 1 is 1.59 bits per heavy atom. The van der Waals surface area contributed by atoms with Gasteiger partial charge < -0.3 is 15.4 Å². The van der Waals surface area contributed by atoms with Crippen LogP contribution in [-0.4, -0.2) is 32.6 Å². The molecule has 1 aromatic rings. The Bertz CT molecular complexity index is 409. The molecule has 4 nitrogen and oxygen atoms in total. The van der Waals surface area contributed by atoms with E-state index in [1.54, 1.807) is 13.2 Å². The van der Waals surface area contributed by atoms with Gasteiger partial charge in [-0.1, -0.05) is 0 Å². The molecule has 94 valence electrons. The van der Waals surface area contributed by atoms with E-state index < -0.39 is 5.82 Å². The zero-order valence-corrected chi connectivity index (χ0v) is 10.3. The van der Waals surface area contributed by atoms with Gasteiger partial charge in [-0.15, -0.1) is 0 Å². The number of nitrogen functional groups attached to an aromatic ring is 1. The van der Waals surface area contributed by atoms with E-state index in [9.17, 15) is 4.39 Å². The first-order valence-electron chi connectivity index (χ1n) is 5.33. The van der Waals surface area contributed by atoms with Crippen LogP contribution in [0.4, 0.5) is 10.1 Å². The van der Waals surface area contributed by atoms with Gasteiger partial charge in [0.25, 0.3) is 0 Å². The zero-order chi connectivity index (χ0) is 13.0. The van der Waals surface area contributed by atoms with Gasteiger partial charge in [0.1, 0.15) is 11.7 Å². The molecule has 0 amide bonds. The fraction of sp³-hybridized carbons (Fsp3) is 0.417. The number of likely N-dealkylation sites (N-methyl/N-ethyl adjacent to an activating group) is 1. The number of rotatable bonds is 5. The summed E-state index contributed by atoms with van der Waals surface area (Å²) < 4.78 is 18.2. The summed E-state index contributed by atoms with van der Waals surface area (Å²) in [5, 5.41) is 7.46. The second-order valence-corrected chi connectivity index (χ2v) is 3.99. The van der Waals surface area contributed by atoms with Crippen molar-refractivity contribution >= 4 is 11.5 Å². The van der Waals surface area contributed by atoms with Gasteiger partial charge in [0, 0.05) is 31.5 Å². The molecule has 0 heterocycles. The molecule has 0 radical (unpaired) electrons. The predicted octanol–water partition coefficient (Wildman–Crippen LogP) is 1.58. The lowest BCUT2D eigenvalue weighted by Crippen LogP contribution is -2.34. The summed E-state index contributed by atoms with van der Waals surface area (Å²) >= 11 is 0. The fourth-order valence-corrected chi connectivity index (χ4v) is 1.62. The number of nitrogens with two attached hydrogens (primary N) is 1. The Morgan fingerprint density at radius 3 is 2.76 bits per heavy atom. The molecular weight excluding hydrogens is 221 g/mol. The van der Waals surface area contributed by atoms with Gasteiger partial charge in [-0.3, -0.25) is 5.41 Å². The van der Waals surface area contributed by atoms with E-state index in [1.807, 2.05) is 18.9 Å². The lowest BCUT2D eigenvalue weighted by Gasteiger charge is -2.28. The van der Waals surface area contributed by atoms with Crippen LogP contribution in [0.3, 0.4) is 0 Å². The number of nitrogens with one attached hydrogen (secondary N) is 1. The molecule has 0 aliphatic heterocycles. The van der Waals surface area contributed by atoms with Gasteiger partial charge in [-0.25, -0.2) is 4.39 Å². The lowest BCUT2D eigenvalue weighted by molar-refractivity contribution is 0.183. The third-order valence-electron chi connectivity index (χ3n) is 2.70. The quantitative estimate of drug-likeness (QED) is 0.605. The van der Waals surface area contributed by atoms with E-state index in [-0.39, 0.29) is 11.9 Å². The third-order valence-corrected chi connectivity index (χ3v) is 2.70. The number of hydrogen-bond acceptors (Lipinski definition) is 3. The summed E-state index contributed by atoms with van der Waals surface area (Å²) in [5.74, 6) is -0.539. The highest BCUT2D eigenvalue weighted by atomic mass is 19.1. The Hall–Kier alpha value is -1.62. The van der Waals surface area contributed by atoms with Crippen molar-refractivity contribution in [3.05, 3.63) is 29.6 Å². The number of methoxy groups -OCH3 is 1. The maximum atomic E-state index is 13.1. The van der Waals surface area contributed by atoms with Gasteiger partial charge in [-0.05, 0) is 25.1 Å². The van der Waals surface area contributed by atoms with Crippen LogP contribution >= 0.6 is 0 Å². The number of nitrogens with zero attached hydrogens (tertiary/aromatic N) is 1. The minimum absolute atomic E-state index is 0.114. The zero-order valence-electron chi connectivity index (χ0n) is 10.3. The SMILES string of the molecule is COCC(C)N(C)c1ccc(F)cc1C(=N)N. The molecule has 0 saturated carbocycles. The fourth-order valence-electron chi connectivity index (χ4n) is 1.62. The maximum absolute atomic E-state index is 13.1. The van der Waals surface area contributed by atoms with Crippen LogP contribution in [0.25, 0.3) is 0 Å². The van der Waals surface area contributed by atoms with Gasteiger partial charge >= 0.3 is 0 Å². The molecule has 1 rings (SSSR count). The normalized spacial score (nSPS) is 12.2. The summed E-state index contributed by atoms with van der Waals surface area (Å²) in [5.41, 5.74) is 6.58. The monoisotopic (exact) mass is 239 g/mol. The average molecular weight is 239 g/mol. The first-order chi connectivity index (χ1) is 7.97. The van der Waals surface area contributed by atoms with Gasteiger partial charge in [0.2, 0.25) is 0 Å². The van der Waals surface area contributed by atoms with Crippen molar-refractivity contribution in [3.8, 4) is 0 Å². The van der Waals surface area contributed by atoms with E-state index in [1.165, 1.54) is 12.1 Å². The van der Waals surface area contributed by atoms with E-state index in [0.29, 0.717) is 12.2 Å². The third kappa shape index (κ3) is 3.17. The smallest absolute Gasteiger partial charge is 0.125 e. The van der Waals surface area contributed by atoms with Gasteiger partial charge in [0.15, 0.2) is 0 Å². The van der Waals surface area contributed by atoms with Crippen LogP contribution in [0.1, 0.15) is 12.5 Å². The van der Waals surface area contributed by atoms with Crippen LogP contribution in [0.5, 0.6) is 0 Å². The van der Waals surface area contributed by atoms with Crippen LogP contribution in [0.15, 0.2) is 18.2 Å². The highest BCUT2D eigenvalue weighted by molar-refractivity contribution is 6.00. The molecule has 0 bridgehead atoms. The number of anilines is 1. The molecule has 5 heteroatoms. The van der Waals surface area contributed by atoms with Crippen molar-refractivity contribution in [3.63, 3.8) is 0 Å². The molecule has 0 aromatic heterocycles. The maximum Gasteiger partial charge on any atom is 0.125 e. The molecule has 0 saturated heterocycles. The molecule has 1 atom stereocenters. The van der Waals surface area contributed by atoms with E-state index in [4.69, 9.17) is 15.9 Å². The number of hydrogen-bond donors (Lipinski definition) is 2. The van der Waals surface area contributed by atoms with Crippen LogP contribution < -0.4 is 10.6 Å². The van der Waals surface area contributed by atoms with E-state index >= 15 is 0 Å². The predicted molar refractivity (Wildman–Crippen MR) is 67.2 cm³/mol. The van der Waals surface area contributed by atoms with Crippen molar-refractivity contribution in [2.24, 2.45) is 5.73 Å². The number of halogens is 1. The summed E-state index contributed by atoms with van der Waals surface area (Å²) in [6.45, 7) is 2.53. The van der Waals surface area contributed by atoms with Crippen molar-refractivity contribution in [1.29, 1.82) is 5.41 Å². The average Bonchev–Trinajstić information content (AvgIpc) is 2.28. The van der Waals surface area contributed by atoms with E-state index in [0.717, 1.165) is 5.69 Å². The lowest BCUT2D eigenvalue weighted by atomic mass is 10.1. The molecule has 3 N–H and O–H groups in total. The minimum atomic E-state index is -0.397. The first kappa shape index (κ1) is 13.4. The van der Waals surface area contributed by atoms with Crippen molar-refractivity contribution in [2.75, 3.05) is 25.7 Å². The summed E-state index contributed by atoms with van der Waals surface area (Å²) in [6.07, 6.45) is 0. The molecule has 0 spiro atoms.